The first-order chi connectivity index (χ1) is 5.54. The van der Waals surface area contributed by atoms with Gasteiger partial charge in [-0.05, 0) is 40.4 Å². The Morgan fingerprint density at radius 3 is 2.50 bits per heavy atom. The molecule has 0 radical (unpaired) electrons. The fourth-order valence-electron chi connectivity index (χ4n) is 0.813. The number of hydrogen-bond donors (Lipinski definition) is 1. The lowest BCUT2D eigenvalue weighted by Gasteiger charge is -2.06. The molecule has 0 atom stereocenters. The third-order valence-corrected chi connectivity index (χ3v) is 1.60. The van der Waals surface area contributed by atoms with Gasteiger partial charge in [0.25, 0.3) is 0 Å². The summed E-state index contributed by atoms with van der Waals surface area (Å²) in [6, 6.07) is 0. The average Bonchev–Trinajstić information content (AvgIpc) is 1.97. The molecule has 0 unspecified atom stereocenters. The first-order valence-corrected chi connectivity index (χ1v) is 4.09. The maximum Gasteiger partial charge on any atom is 0.330 e. The van der Waals surface area contributed by atoms with Crippen LogP contribution in [-0.2, 0) is 4.79 Å². The topological polar surface area (TPSA) is 40.5 Å². The molecule has 0 heterocycles. The molecule has 0 aliphatic rings. The van der Waals surface area contributed by atoms with E-state index >= 15 is 0 Å². The highest BCUT2D eigenvalue weighted by Gasteiger charge is 1.97. The van der Waals surface area contributed by atoms with Crippen molar-refractivity contribution in [3.8, 4) is 0 Å². The van der Waals surface area contributed by atoms with Gasteiger partial charge in [-0.25, -0.2) is 4.79 Å². The molecule has 0 amide bonds. The summed E-state index contributed by atoms with van der Waals surface area (Å²) < 4.78 is 0. The van der Waals surface area contributed by atoms with Gasteiger partial charge in [-0.2, -0.15) is 0 Å². The maximum absolute atomic E-state index is 10.3. The highest BCUT2D eigenvalue weighted by Crippen LogP contribution is 1.98. The minimum absolute atomic E-state index is 0.439. The summed E-state index contributed by atoms with van der Waals surface area (Å²) in [5, 5.41) is 8.51. The quantitative estimate of drug-likeness (QED) is 0.501. The van der Waals surface area contributed by atoms with E-state index in [2.05, 4.69) is 4.90 Å². The van der Waals surface area contributed by atoms with Crippen LogP contribution in [-0.4, -0.2) is 36.6 Å². The molecule has 12 heavy (non-hydrogen) atoms. The van der Waals surface area contributed by atoms with Crippen LogP contribution in [0.25, 0.3) is 0 Å². The van der Waals surface area contributed by atoms with Crippen molar-refractivity contribution in [2.75, 3.05) is 20.6 Å². The van der Waals surface area contributed by atoms with Crippen LogP contribution in [0.2, 0.25) is 0 Å². The Kier molecular flexibility index (Phi) is 5.37. The van der Waals surface area contributed by atoms with Crippen LogP contribution in [0.3, 0.4) is 0 Å². The molecule has 3 heteroatoms. The molecular weight excluding hydrogens is 154 g/mol. The third-order valence-electron chi connectivity index (χ3n) is 1.60. The molecule has 0 spiro atoms. The summed E-state index contributed by atoms with van der Waals surface area (Å²) in [5.41, 5.74) is 0.439. The summed E-state index contributed by atoms with van der Waals surface area (Å²) >= 11 is 0. The monoisotopic (exact) mass is 171 g/mol. The highest BCUT2D eigenvalue weighted by molar-refractivity contribution is 5.85. The number of rotatable bonds is 5. The lowest BCUT2D eigenvalue weighted by atomic mass is 10.2. The van der Waals surface area contributed by atoms with Crippen LogP contribution < -0.4 is 0 Å². The van der Waals surface area contributed by atoms with Gasteiger partial charge >= 0.3 is 5.97 Å². The molecule has 70 valence electrons. The van der Waals surface area contributed by atoms with Crippen molar-refractivity contribution in [2.24, 2.45) is 0 Å². The third kappa shape index (κ3) is 5.92. The Labute approximate surface area is 73.7 Å². The second-order valence-corrected chi connectivity index (χ2v) is 3.14. The first-order valence-electron chi connectivity index (χ1n) is 4.09. The average molecular weight is 171 g/mol. The number of carboxylic acids is 1. The van der Waals surface area contributed by atoms with Crippen LogP contribution >= 0.6 is 0 Å². The SMILES string of the molecule is C/C(=C\CCCN(C)C)C(=O)O. The summed E-state index contributed by atoms with van der Waals surface area (Å²) in [6.07, 6.45) is 3.62. The zero-order valence-electron chi connectivity index (χ0n) is 8.00. The fraction of sp³-hybridized carbons (Fsp3) is 0.667. The Bertz CT molecular complexity index is 173. The van der Waals surface area contributed by atoms with Gasteiger partial charge < -0.3 is 10.0 Å². The number of nitrogens with zero attached hydrogens (tertiary/aromatic N) is 1. The Morgan fingerprint density at radius 1 is 1.50 bits per heavy atom. The molecule has 0 fully saturated rings. The van der Waals surface area contributed by atoms with Crippen molar-refractivity contribution in [1.82, 2.24) is 4.90 Å². The van der Waals surface area contributed by atoms with E-state index in [1.165, 1.54) is 0 Å². The number of aliphatic carboxylic acids is 1. The highest BCUT2D eigenvalue weighted by atomic mass is 16.4. The van der Waals surface area contributed by atoms with Crippen molar-refractivity contribution in [2.45, 2.75) is 19.8 Å². The fourth-order valence-corrected chi connectivity index (χ4v) is 0.813. The minimum atomic E-state index is -0.820. The Balaban J connectivity index is 3.54. The van der Waals surface area contributed by atoms with Gasteiger partial charge in [-0.3, -0.25) is 0 Å². The molecule has 0 rings (SSSR count). The number of carboxylic acid groups (broad SMARTS) is 1. The lowest BCUT2D eigenvalue weighted by Crippen LogP contribution is -2.12. The number of allylic oxidation sites excluding steroid dienone is 1. The molecule has 0 bridgehead atoms. The zero-order chi connectivity index (χ0) is 9.56. The van der Waals surface area contributed by atoms with Crippen molar-refractivity contribution >= 4 is 5.97 Å². The van der Waals surface area contributed by atoms with Crippen LogP contribution in [0.4, 0.5) is 0 Å². The van der Waals surface area contributed by atoms with E-state index in [0.717, 1.165) is 19.4 Å². The molecular formula is C9H17NO2. The van der Waals surface area contributed by atoms with Gasteiger partial charge in [0.05, 0.1) is 0 Å². The second-order valence-electron chi connectivity index (χ2n) is 3.14. The van der Waals surface area contributed by atoms with E-state index in [1.807, 2.05) is 14.1 Å². The minimum Gasteiger partial charge on any atom is -0.478 e. The van der Waals surface area contributed by atoms with Gasteiger partial charge in [0, 0.05) is 5.57 Å². The van der Waals surface area contributed by atoms with Gasteiger partial charge in [-0.15, -0.1) is 0 Å². The van der Waals surface area contributed by atoms with Crippen LogP contribution in [0.1, 0.15) is 19.8 Å². The molecule has 0 aromatic carbocycles. The molecule has 0 aromatic heterocycles. The standard InChI is InChI=1S/C9H17NO2/c1-8(9(11)12)6-4-5-7-10(2)3/h6H,4-5,7H2,1-3H3,(H,11,12)/b8-6+. The normalized spacial score (nSPS) is 12.2. The molecule has 0 saturated carbocycles. The first kappa shape index (κ1) is 11.2. The summed E-state index contributed by atoms with van der Waals surface area (Å²) in [4.78, 5) is 12.4. The second kappa shape index (κ2) is 5.77. The smallest absolute Gasteiger partial charge is 0.330 e. The van der Waals surface area contributed by atoms with Gasteiger partial charge in [-0.1, -0.05) is 6.08 Å². The van der Waals surface area contributed by atoms with Crippen molar-refractivity contribution in [3.63, 3.8) is 0 Å². The van der Waals surface area contributed by atoms with Crippen molar-refractivity contribution in [1.29, 1.82) is 0 Å². The Morgan fingerprint density at radius 2 is 2.08 bits per heavy atom. The molecule has 0 aliphatic heterocycles. The van der Waals surface area contributed by atoms with E-state index in [9.17, 15) is 4.79 Å². The van der Waals surface area contributed by atoms with Crippen molar-refractivity contribution < 1.29 is 9.90 Å². The van der Waals surface area contributed by atoms with E-state index in [1.54, 1.807) is 13.0 Å². The van der Waals surface area contributed by atoms with E-state index in [0.29, 0.717) is 5.57 Å². The summed E-state index contributed by atoms with van der Waals surface area (Å²) in [5.74, 6) is -0.820. The Hall–Kier alpha value is -0.830. The number of carbonyl (C=O) groups is 1. The van der Waals surface area contributed by atoms with Gasteiger partial charge in [0.15, 0.2) is 0 Å². The van der Waals surface area contributed by atoms with E-state index in [-0.39, 0.29) is 0 Å². The van der Waals surface area contributed by atoms with Crippen LogP contribution in [0, 0.1) is 0 Å². The molecule has 0 saturated heterocycles. The van der Waals surface area contributed by atoms with Gasteiger partial charge in [0.2, 0.25) is 0 Å². The molecule has 1 N–H and O–H groups in total. The van der Waals surface area contributed by atoms with Crippen LogP contribution in [0.5, 0.6) is 0 Å². The largest absolute Gasteiger partial charge is 0.478 e. The predicted molar refractivity (Wildman–Crippen MR) is 49.2 cm³/mol. The van der Waals surface area contributed by atoms with Crippen molar-refractivity contribution in [3.05, 3.63) is 11.6 Å². The van der Waals surface area contributed by atoms with Gasteiger partial charge in [0.1, 0.15) is 0 Å². The zero-order valence-corrected chi connectivity index (χ0v) is 8.00. The van der Waals surface area contributed by atoms with E-state index in [4.69, 9.17) is 5.11 Å². The summed E-state index contributed by atoms with van der Waals surface area (Å²) in [6.45, 7) is 2.63. The van der Waals surface area contributed by atoms with Crippen LogP contribution in [0.15, 0.2) is 11.6 Å². The molecule has 0 aromatic rings. The predicted octanol–water partition coefficient (Wildman–Crippen LogP) is 1.36. The summed E-state index contributed by atoms with van der Waals surface area (Å²) in [7, 11) is 4.02. The molecule has 3 nitrogen and oxygen atoms in total. The lowest BCUT2D eigenvalue weighted by molar-refractivity contribution is -0.132. The number of hydrogen-bond acceptors (Lipinski definition) is 2. The molecule has 0 aliphatic carbocycles. The number of unbranched alkanes of at least 4 members (excludes halogenated alkanes) is 1. The maximum atomic E-state index is 10.3. The van der Waals surface area contributed by atoms with E-state index < -0.39 is 5.97 Å².